The summed E-state index contributed by atoms with van der Waals surface area (Å²) >= 11 is 0. The van der Waals surface area contributed by atoms with Gasteiger partial charge in [-0.05, 0) is 18.8 Å². The van der Waals surface area contributed by atoms with Gasteiger partial charge in [0.2, 0.25) is 0 Å². The number of carbonyl (C=O) groups excluding carboxylic acids is 1. The average Bonchev–Trinajstić information content (AvgIpc) is 3.00. The number of nitrogen functional groups attached to an aromatic ring is 1. The van der Waals surface area contributed by atoms with Gasteiger partial charge in [-0.25, -0.2) is 0 Å². The summed E-state index contributed by atoms with van der Waals surface area (Å²) < 4.78 is 1.59. The van der Waals surface area contributed by atoms with Gasteiger partial charge in [-0.1, -0.05) is 13.8 Å². The van der Waals surface area contributed by atoms with Crippen LogP contribution in [0.15, 0.2) is 6.20 Å². The van der Waals surface area contributed by atoms with Gasteiger partial charge < -0.3 is 10.6 Å². The molecule has 0 aromatic carbocycles. The summed E-state index contributed by atoms with van der Waals surface area (Å²) in [6, 6.07) is 0.395. The maximum absolute atomic E-state index is 12.4. The van der Waals surface area contributed by atoms with Gasteiger partial charge in [-0.3, -0.25) is 9.48 Å². The predicted octanol–water partition coefficient (Wildman–Crippen LogP) is 1.26. The Morgan fingerprint density at radius 3 is 2.71 bits per heavy atom. The van der Waals surface area contributed by atoms with Crippen LogP contribution >= 0.6 is 0 Å². The third-order valence-electron chi connectivity index (χ3n) is 2.87. The highest BCUT2D eigenvalue weighted by atomic mass is 16.2. The number of nitrogens with zero attached hydrogens (tertiary/aromatic N) is 3. The molecule has 5 nitrogen and oxygen atoms in total. The Balaban J connectivity index is 2.18. The first-order valence-electron chi connectivity index (χ1n) is 6.09. The van der Waals surface area contributed by atoms with E-state index in [4.69, 9.17) is 5.73 Å². The molecular weight excluding hydrogens is 216 g/mol. The van der Waals surface area contributed by atoms with Crippen LogP contribution in [-0.4, -0.2) is 33.2 Å². The first kappa shape index (κ1) is 12.0. The van der Waals surface area contributed by atoms with Gasteiger partial charge in [0.1, 0.15) is 0 Å². The number of amides is 1. The molecule has 1 aromatic heterocycles. The second-order valence-corrected chi connectivity index (χ2v) is 5.19. The lowest BCUT2D eigenvalue weighted by molar-refractivity contribution is 0.0717. The largest absolute Gasteiger partial charge is 0.396 e. The number of anilines is 1. The highest BCUT2D eigenvalue weighted by molar-refractivity contribution is 5.97. The molecule has 1 amide bonds. The molecule has 5 heteroatoms. The lowest BCUT2D eigenvalue weighted by Crippen LogP contribution is -2.36. The van der Waals surface area contributed by atoms with Gasteiger partial charge in [0.15, 0.2) is 5.69 Å². The molecule has 17 heavy (non-hydrogen) atoms. The molecule has 2 rings (SSSR count). The zero-order chi connectivity index (χ0) is 12.6. The molecule has 0 bridgehead atoms. The van der Waals surface area contributed by atoms with Crippen LogP contribution in [0.25, 0.3) is 0 Å². The van der Waals surface area contributed by atoms with Crippen LogP contribution < -0.4 is 5.73 Å². The molecule has 1 heterocycles. The molecule has 1 fully saturated rings. The molecule has 1 aliphatic rings. The normalized spacial score (nSPS) is 15.3. The Kier molecular flexibility index (Phi) is 3.09. The SMILES string of the molecule is CC(C)CN(C(=O)c1nn(C)cc1N)C1CC1. The monoisotopic (exact) mass is 236 g/mol. The fourth-order valence-electron chi connectivity index (χ4n) is 1.99. The van der Waals surface area contributed by atoms with E-state index in [9.17, 15) is 4.79 Å². The van der Waals surface area contributed by atoms with Crippen LogP contribution in [0.1, 0.15) is 37.2 Å². The highest BCUT2D eigenvalue weighted by Gasteiger charge is 2.34. The van der Waals surface area contributed by atoms with E-state index in [1.165, 1.54) is 0 Å². The van der Waals surface area contributed by atoms with E-state index in [1.54, 1.807) is 17.9 Å². The first-order chi connectivity index (χ1) is 7.99. The standard InChI is InChI=1S/C12H20N4O/c1-8(2)6-16(9-4-5-9)12(17)11-10(13)7-15(3)14-11/h7-9H,4-6,13H2,1-3H3. The minimum atomic E-state index is -0.0284. The Bertz CT molecular complexity index is 420. The summed E-state index contributed by atoms with van der Waals surface area (Å²) in [4.78, 5) is 14.3. The number of carbonyl (C=O) groups is 1. The van der Waals surface area contributed by atoms with Gasteiger partial charge >= 0.3 is 0 Å². The lowest BCUT2D eigenvalue weighted by atomic mass is 10.2. The van der Waals surface area contributed by atoms with Gasteiger partial charge in [-0.2, -0.15) is 5.10 Å². The predicted molar refractivity (Wildman–Crippen MR) is 66.5 cm³/mol. The molecule has 0 aliphatic heterocycles. The van der Waals surface area contributed by atoms with Crippen LogP contribution in [-0.2, 0) is 7.05 Å². The van der Waals surface area contributed by atoms with Crippen molar-refractivity contribution in [1.29, 1.82) is 0 Å². The molecule has 1 aromatic rings. The van der Waals surface area contributed by atoms with Crippen molar-refractivity contribution < 1.29 is 4.79 Å². The third-order valence-corrected chi connectivity index (χ3v) is 2.87. The summed E-state index contributed by atoms with van der Waals surface area (Å²) in [7, 11) is 1.77. The van der Waals surface area contributed by atoms with Gasteiger partial charge in [0, 0.05) is 25.8 Å². The average molecular weight is 236 g/mol. The van der Waals surface area contributed by atoms with Gasteiger partial charge in [0.25, 0.3) is 5.91 Å². The number of nitrogens with two attached hydrogens (primary N) is 1. The Morgan fingerprint density at radius 1 is 1.65 bits per heavy atom. The van der Waals surface area contributed by atoms with Gasteiger partial charge in [0.05, 0.1) is 5.69 Å². The van der Waals surface area contributed by atoms with Crippen molar-refractivity contribution in [3.05, 3.63) is 11.9 Å². The molecular formula is C12H20N4O. The summed E-state index contributed by atoms with van der Waals surface area (Å²) in [6.45, 7) is 5.01. The second-order valence-electron chi connectivity index (χ2n) is 5.19. The van der Waals surface area contributed by atoms with Crippen LogP contribution in [0.3, 0.4) is 0 Å². The van der Waals surface area contributed by atoms with Crippen LogP contribution in [0.5, 0.6) is 0 Å². The maximum Gasteiger partial charge on any atom is 0.276 e. The second kappa shape index (κ2) is 4.39. The van der Waals surface area contributed by atoms with E-state index in [1.807, 2.05) is 4.90 Å². The van der Waals surface area contributed by atoms with Crippen molar-refractivity contribution >= 4 is 11.6 Å². The Hall–Kier alpha value is -1.52. The third kappa shape index (κ3) is 2.60. The number of hydrogen-bond acceptors (Lipinski definition) is 3. The summed E-state index contributed by atoms with van der Waals surface area (Å²) in [5, 5.41) is 4.15. The molecule has 94 valence electrons. The summed E-state index contributed by atoms with van der Waals surface area (Å²) in [6.07, 6.45) is 3.88. The number of rotatable bonds is 4. The van der Waals surface area contributed by atoms with E-state index in [2.05, 4.69) is 18.9 Å². The highest BCUT2D eigenvalue weighted by Crippen LogP contribution is 2.29. The number of aryl methyl sites for hydroxylation is 1. The fraction of sp³-hybridized carbons (Fsp3) is 0.667. The molecule has 1 saturated carbocycles. The van der Waals surface area contributed by atoms with Crippen molar-refractivity contribution in [3.63, 3.8) is 0 Å². The molecule has 0 atom stereocenters. The van der Waals surface area contributed by atoms with E-state index in [-0.39, 0.29) is 5.91 Å². The van der Waals surface area contributed by atoms with Gasteiger partial charge in [-0.15, -0.1) is 0 Å². The summed E-state index contributed by atoms with van der Waals surface area (Å²) in [5.41, 5.74) is 6.65. The molecule has 1 aliphatic carbocycles. The molecule has 2 N–H and O–H groups in total. The minimum Gasteiger partial charge on any atom is -0.396 e. The maximum atomic E-state index is 12.4. The van der Waals surface area contributed by atoms with Crippen molar-refractivity contribution in [2.24, 2.45) is 13.0 Å². The van der Waals surface area contributed by atoms with E-state index in [0.29, 0.717) is 23.3 Å². The van der Waals surface area contributed by atoms with E-state index >= 15 is 0 Å². The quantitative estimate of drug-likeness (QED) is 0.856. The first-order valence-corrected chi connectivity index (χ1v) is 6.09. The molecule has 0 radical (unpaired) electrons. The van der Waals surface area contributed by atoms with Crippen LogP contribution in [0.4, 0.5) is 5.69 Å². The topological polar surface area (TPSA) is 64.2 Å². The fourth-order valence-corrected chi connectivity index (χ4v) is 1.99. The van der Waals surface area contributed by atoms with Crippen molar-refractivity contribution in [2.45, 2.75) is 32.7 Å². The molecule has 0 unspecified atom stereocenters. The number of hydrogen-bond donors (Lipinski definition) is 1. The smallest absolute Gasteiger partial charge is 0.276 e. The lowest BCUT2D eigenvalue weighted by Gasteiger charge is -2.23. The van der Waals surface area contributed by atoms with Crippen molar-refractivity contribution in [3.8, 4) is 0 Å². The van der Waals surface area contributed by atoms with Crippen molar-refractivity contribution in [1.82, 2.24) is 14.7 Å². The van der Waals surface area contributed by atoms with Crippen LogP contribution in [0.2, 0.25) is 0 Å². The van der Waals surface area contributed by atoms with E-state index in [0.717, 1.165) is 19.4 Å². The van der Waals surface area contributed by atoms with Crippen LogP contribution in [0, 0.1) is 5.92 Å². The minimum absolute atomic E-state index is 0.0284. The molecule has 0 spiro atoms. The van der Waals surface area contributed by atoms with Crippen molar-refractivity contribution in [2.75, 3.05) is 12.3 Å². The summed E-state index contributed by atoms with van der Waals surface area (Å²) in [5.74, 6) is 0.434. The zero-order valence-corrected chi connectivity index (χ0v) is 10.7. The van der Waals surface area contributed by atoms with E-state index < -0.39 is 0 Å². The molecule has 0 saturated heterocycles. The Labute approximate surface area is 102 Å². The Morgan fingerprint density at radius 2 is 2.29 bits per heavy atom. The zero-order valence-electron chi connectivity index (χ0n) is 10.7. The number of aromatic nitrogens is 2.